The van der Waals surface area contributed by atoms with Crippen LogP contribution in [0, 0.1) is 0 Å². The van der Waals surface area contributed by atoms with E-state index in [0.29, 0.717) is 0 Å². The van der Waals surface area contributed by atoms with Gasteiger partial charge in [0.05, 0.1) is 0 Å². The first-order chi connectivity index (χ1) is 10.8. The van der Waals surface area contributed by atoms with Crippen LogP contribution >= 0.6 is 0 Å². The van der Waals surface area contributed by atoms with E-state index in [2.05, 4.69) is 26.5 Å². The van der Waals surface area contributed by atoms with Gasteiger partial charge in [-0.2, -0.15) is 0 Å². The largest absolute Gasteiger partial charge is 0.353 e. The molecule has 0 aliphatic rings. The third-order valence-electron chi connectivity index (χ3n) is 3.60. The van der Waals surface area contributed by atoms with Gasteiger partial charge in [0.1, 0.15) is 0 Å². The van der Waals surface area contributed by atoms with Crippen LogP contribution in [0.2, 0.25) is 0 Å². The van der Waals surface area contributed by atoms with E-state index in [1.807, 2.05) is 12.2 Å². The molecule has 0 aromatic carbocycles. The van der Waals surface area contributed by atoms with Crippen LogP contribution in [0.25, 0.3) is 0 Å². The minimum absolute atomic E-state index is 0.0246. The zero-order chi connectivity index (χ0) is 16.3. The molecule has 2 heteroatoms. The highest BCUT2D eigenvalue weighted by atomic mass is 16.7. The van der Waals surface area contributed by atoms with Gasteiger partial charge in [-0.1, -0.05) is 70.8 Å². The predicted octanol–water partition coefficient (Wildman–Crippen LogP) is 6.42. The Hall–Kier alpha value is -0.600. The summed E-state index contributed by atoms with van der Waals surface area (Å²) in [6.07, 6.45) is 19.7. The number of rotatable bonds is 17. The van der Waals surface area contributed by atoms with E-state index in [1.165, 1.54) is 51.4 Å². The van der Waals surface area contributed by atoms with Crippen LogP contribution in [-0.4, -0.2) is 19.5 Å². The van der Waals surface area contributed by atoms with Gasteiger partial charge in [-0.05, 0) is 38.5 Å². The lowest BCUT2D eigenvalue weighted by Crippen LogP contribution is -2.18. The quantitative estimate of drug-likeness (QED) is 0.175. The fraction of sp³-hybridized carbons (Fsp3) is 0.800. The molecule has 0 aromatic rings. The second-order valence-electron chi connectivity index (χ2n) is 5.89. The number of unbranched alkanes of at least 4 members (excludes halogenated alkanes) is 7. The Morgan fingerprint density at radius 3 is 1.91 bits per heavy atom. The molecule has 0 atom stereocenters. The normalized spacial score (nSPS) is 11.6. The topological polar surface area (TPSA) is 18.5 Å². The summed E-state index contributed by atoms with van der Waals surface area (Å²) in [5.74, 6) is 0. The minimum atomic E-state index is 0.0246. The molecule has 0 radical (unpaired) electrons. The van der Waals surface area contributed by atoms with Crippen LogP contribution in [0.15, 0.2) is 24.8 Å². The van der Waals surface area contributed by atoms with Gasteiger partial charge in [0.15, 0.2) is 6.29 Å². The number of allylic oxidation sites excluding steroid dienone is 3. The van der Waals surface area contributed by atoms with Crippen molar-refractivity contribution < 1.29 is 9.47 Å². The van der Waals surface area contributed by atoms with Crippen molar-refractivity contribution in [2.45, 2.75) is 90.8 Å². The maximum absolute atomic E-state index is 5.75. The molecule has 2 nitrogen and oxygen atoms in total. The minimum Gasteiger partial charge on any atom is -0.353 e. The van der Waals surface area contributed by atoms with Gasteiger partial charge in [-0.3, -0.25) is 0 Å². The standard InChI is InChI=1S/C20H38O2/c1-4-7-8-9-10-11-12-13-14-15-16-17-20(21-18-5-2)22-19-6-3/h4,7-8,20H,1,5-6,9-19H2,2-3H3/b8-7-. The molecule has 0 aliphatic carbocycles. The van der Waals surface area contributed by atoms with Gasteiger partial charge < -0.3 is 9.47 Å². The Balaban J connectivity index is 3.40. The number of ether oxygens (including phenoxy) is 2. The summed E-state index contributed by atoms with van der Waals surface area (Å²) < 4.78 is 11.5. The Labute approximate surface area is 139 Å². The molecule has 0 rings (SSSR count). The fourth-order valence-corrected chi connectivity index (χ4v) is 2.36. The molecule has 0 aromatic heterocycles. The maximum atomic E-state index is 5.75. The van der Waals surface area contributed by atoms with Crippen LogP contribution in [0.3, 0.4) is 0 Å². The molecule has 0 spiro atoms. The SMILES string of the molecule is C=C/C=C\CCCCCCCCCC(OCCC)OCCC. The van der Waals surface area contributed by atoms with Crippen LogP contribution in [-0.2, 0) is 9.47 Å². The van der Waals surface area contributed by atoms with Crippen molar-refractivity contribution in [3.05, 3.63) is 24.8 Å². The zero-order valence-electron chi connectivity index (χ0n) is 15.0. The summed E-state index contributed by atoms with van der Waals surface area (Å²) in [5.41, 5.74) is 0. The fourth-order valence-electron chi connectivity index (χ4n) is 2.36. The summed E-state index contributed by atoms with van der Waals surface area (Å²) >= 11 is 0. The van der Waals surface area contributed by atoms with Gasteiger partial charge >= 0.3 is 0 Å². The second-order valence-corrected chi connectivity index (χ2v) is 5.89. The Morgan fingerprint density at radius 2 is 1.36 bits per heavy atom. The van der Waals surface area contributed by atoms with Crippen molar-refractivity contribution in [2.24, 2.45) is 0 Å². The lowest BCUT2D eigenvalue weighted by Gasteiger charge is -2.18. The van der Waals surface area contributed by atoms with Gasteiger partial charge in [0.25, 0.3) is 0 Å². The van der Waals surface area contributed by atoms with E-state index in [4.69, 9.17) is 9.47 Å². The summed E-state index contributed by atoms with van der Waals surface area (Å²) in [5, 5.41) is 0. The Bertz CT molecular complexity index is 240. The molecule has 0 aliphatic heterocycles. The van der Waals surface area contributed by atoms with Crippen LogP contribution in [0.4, 0.5) is 0 Å². The summed E-state index contributed by atoms with van der Waals surface area (Å²) in [7, 11) is 0. The highest BCUT2D eigenvalue weighted by Gasteiger charge is 2.08. The van der Waals surface area contributed by atoms with Gasteiger partial charge in [0.2, 0.25) is 0 Å². The average Bonchev–Trinajstić information content (AvgIpc) is 2.54. The van der Waals surface area contributed by atoms with Crippen LogP contribution < -0.4 is 0 Å². The first-order valence-corrected chi connectivity index (χ1v) is 9.35. The van der Waals surface area contributed by atoms with E-state index < -0.39 is 0 Å². The molecule has 0 fully saturated rings. The molecular weight excluding hydrogens is 272 g/mol. The molecule has 0 saturated carbocycles. The van der Waals surface area contributed by atoms with E-state index in [0.717, 1.165) is 32.5 Å². The van der Waals surface area contributed by atoms with Crippen molar-refractivity contribution in [1.82, 2.24) is 0 Å². The molecule has 0 saturated heterocycles. The van der Waals surface area contributed by atoms with E-state index in [9.17, 15) is 0 Å². The van der Waals surface area contributed by atoms with Crippen LogP contribution in [0.5, 0.6) is 0 Å². The first kappa shape index (κ1) is 21.4. The van der Waals surface area contributed by atoms with Crippen molar-refractivity contribution in [2.75, 3.05) is 13.2 Å². The van der Waals surface area contributed by atoms with E-state index in [1.54, 1.807) is 0 Å². The van der Waals surface area contributed by atoms with Gasteiger partial charge in [-0.25, -0.2) is 0 Å². The lowest BCUT2D eigenvalue weighted by atomic mass is 10.1. The van der Waals surface area contributed by atoms with Crippen molar-refractivity contribution in [3.8, 4) is 0 Å². The summed E-state index contributed by atoms with van der Waals surface area (Å²) in [4.78, 5) is 0. The van der Waals surface area contributed by atoms with Gasteiger partial charge in [-0.15, -0.1) is 0 Å². The number of hydrogen-bond acceptors (Lipinski definition) is 2. The van der Waals surface area contributed by atoms with E-state index in [-0.39, 0.29) is 6.29 Å². The van der Waals surface area contributed by atoms with Crippen molar-refractivity contribution in [1.29, 1.82) is 0 Å². The molecule has 0 amide bonds. The molecule has 0 heterocycles. The number of hydrogen-bond donors (Lipinski definition) is 0. The predicted molar refractivity (Wildman–Crippen MR) is 97.2 cm³/mol. The molecule has 22 heavy (non-hydrogen) atoms. The van der Waals surface area contributed by atoms with Crippen LogP contribution in [0.1, 0.15) is 84.5 Å². The molecule has 0 unspecified atom stereocenters. The third-order valence-corrected chi connectivity index (χ3v) is 3.60. The second kappa shape index (κ2) is 18.4. The smallest absolute Gasteiger partial charge is 0.157 e. The lowest BCUT2D eigenvalue weighted by molar-refractivity contribution is -0.146. The van der Waals surface area contributed by atoms with Crippen molar-refractivity contribution in [3.63, 3.8) is 0 Å². The zero-order valence-corrected chi connectivity index (χ0v) is 15.0. The molecule has 130 valence electrons. The van der Waals surface area contributed by atoms with Gasteiger partial charge in [0, 0.05) is 13.2 Å². The average molecular weight is 311 g/mol. The maximum Gasteiger partial charge on any atom is 0.157 e. The summed E-state index contributed by atoms with van der Waals surface area (Å²) in [6, 6.07) is 0. The Morgan fingerprint density at radius 1 is 0.818 bits per heavy atom. The molecule has 0 N–H and O–H groups in total. The third kappa shape index (κ3) is 15.8. The molecule has 0 bridgehead atoms. The highest BCUT2D eigenvalue weighted by molar-refractivity contribution is 4.96. The Kier molecular flexibility index (Phi) is 17.9. The van der Waals surface area contributed by atoms with E-state index >= 15 is 0 Å². The monoisotopic (exact) mass is 310 g/mol. The highest BCUT2D eigenvalue weighted by Crippen LogP contribution is 2.13. The first-order valence-electron chi connectivity index (χ1n) is 9.35. The molecular formula is C20H38O2. The summed E-state index contributed by atoms with van der Waals surface area (Å²) in [6.45, 7) is 9.59. The van der Waals surface area contributed by atoms with Crippen molar-refractivity contribution >= 4 is 0 Å².